The average molecular weight is 236 g/mol. The molecule has 0 amide bonds. The Morgan fingerprint density at radius 3 is 2.88 bits per heavy atom. The van der Waals surface area contributed by atoms with Crippen LogP contribution in [-0.4, -0.2) is 41.4 Å². The van der Waals surface area contributed by atoms with Gasteiger partial charge < -0.3 is 14.7 Å². The molecule has 5 heteroatoms. The summed E-state index contributed by atoms with van der Waals surface area (Å²) in [5.41, 5.74) is -0.0529. The molecule has 1 N–H and O–H groups in total. The van der Waals surface area contributed by atoms with Gasteiger partial charge >= 0.3 is 5.97 Å². The number of ether oxygens (including phenoxy) is 1. The molecule has 1 aliphatic rings. The van der Waals surface area contributed by atoms with Crippen LogP contribution in [0.15, 0.2) is 18.2 Å². The number of rotatable bonds is 4. The summed E-state index contributed by atoms with van der Waals surface area (Å²) in [5, 5.41) is 8.86. The lowest BCUT2D eigenvalue weighted by Crippen LogP contribution is -2.61. The highest BCUT2D eigenvalue weighted by Gasteiger charge is 2.40. The van der Waals surface area contributed by atoms with Crippen molar-refractivity contribution in [1.29, 1.82) is 0 Å². The molecule has 92 valence electrons. The van der Waals surface area contributed by atoms with E-state index in [-0.39, 0.29) is 11.3 Å². The Morgan fingerprint density at radius 2 is 2.29 bits per heavy atom. The Morgan fingerprint density at radius 1 is 1.59 bits per heavy atom. The van der Waals surface area contributed by atoms with Crippen LogP contribution < -0.4 is 4.90 Å². The summed E-state index contributed by atoms with van der Waals surface area (Å²) in [4.78, 5) is 16.9. The highest BCUT2D eigenvalue weighted by Crippen LogP contribution is 2.28. The Labute approximate surface area is 100 Å². The van der Waals surface area contributed by atoms with Crippen LogP contribution in [0.25, 0.3) is 0 Å². The summed E-state index contributed by atoms with van der Waals surface area (Å²) < 4.78 is 5.61. The van der Waals surface area contributed by atoms with E-state index >= 15 is 0 Å². The van der Waals surface area contributed by atoms with Crippen LogP contribution in [-0.2, 0) is 4.74 Å². The molecular formula is C12H16N2O3. The Kier molecular flexibility index (Phi) is 3.02. The predicted octanol–water partition coefficient (Wildman–Crippen LogP) is 1.40. The van der Waals surface area contributed by atoms with Crippen molar-refractivity contribution in [1.82, 2.24) is 4.98 Å². The number of carboxylic acids is 1. The van der Waals surface area contributed by atoms with Crippen molar-refractivity contribution in [2.24, 2.45) is 0 Å². The number of hydrogen-bond acceptors (Lipinski definition) is 4. The van der Waals surface area contributed by atoms with Crippen LogP contribution >= 0.6 is 0 Å². The van der Waals surface area contributed by atoms with Gasteiger partial charge in [-0.25, -0.2) is 9.78 Å². The molecule has 1 aromatic rings. The monoisotopic (exact) mass is 236 g/mol. The number of anilines is 1. The van der Waals surface area contributed by atoms with E-state index in [1.165, 1.54) is 6.07 Å². The molecule has 0 atom stereocenters. The SMILES string of the molecule is CCOC1(C)CN(c2cccc(C(=O)O)n2)C1. The minimum Gasteiger partial charge on any atom is -0.477 e. The van der Waals surface area contributed by atoms with Crippen molar-refractivity contribution in [3.63, 3.8) is 0 Å². The Bertz CT molecular complexity index is 428. The Hall–Kier alpha value is -1.62. The lowest BCUT2D eigenvalue weighted by atomic mass is 9.96. The topological polar surface area (TPSA) is 62.7 Å². The van der Waals surface area contributed by atoms with Crippen molar-refractivity contribution in [2.75, 3.05) is 24.6 Å². The number of pyridine rings is 1. The lowest BCUT2D eigenvalue weighted by Gasteiger charge is -2.48. The molecule has 1 fully saturated rings. The zero-order valence-electron chi connectivity index (χ0n) is 10.0. The minimum absolute atomic E-state index is 0.0764. The molecule has 1 aromatic heterocycles. The summed E-state index contributed by atoms with van der Waals surface area (Å²) in [6, 6.07) is 5.02. The van der Waals surface area contributed by atoms with Crippen LogP contribution in [0.1, 0.15) is 24.3 Å². The fourth-order valence-electron chi connectivity index (χ4n) is 2.08. The summed E-state index contributed by atoms with van der Waals surface area (Å²) >= 11 is 0. The summed E-state index contributed by atoms with van der Waals surface area (Å²) in [6.45, 7) is 6.20. The number of aromatic carboxylic acids is 1. The maximum absolute atomic E-state index is 10.8. The van der Waals surface area contributed by atoms with Gasteiger partial charge in [0.2, 0.25) is 0 Å². The smallest absolute Gasteiger partial charge is 0.354 e. The second-order valence-corrected chi connectivity index (χ2v) is 4.43. The van der Waals surface area contributed by atoms with Crippen molar-refractivity contribution in [3.8, 4) is 0 Å². The van der Waals surface area contributed by atoms with Gasteiger partial charge in [-0.2, -0.15) is 0 Å². The lowest BCUT2D eigenvalue weighted by molar-refractivity contribution is -0.0448. The molecule has 0 saturated carbocycles. The van der Waals surface area contributed by atoms with Gasteiger partial charge in [0.25, 0.3) is 0 Å². The molecule has 1 saturated heterocycles. The first kappa shape index (κ1) is 11.9. The summed E-state index contributed by atoms with van der Waals surface area (Å²) in [5.74, 6) is -0.304. The van der Waals surface area contributed by atoms with E-state index in [2.05, 4.69) is 4.98 Å². The first-order chi connectivity index (χ1) is 8.04. The summed E-state index contributed by atoms with van der Waals surface area (Å²) in [7, 11) is 0. The third kappa shape index (κ3) is 2.39. The molecule has 2 heterocycles. The largest absolute Gasteiger partial charge is 0.477 e. The highest BCUT2D eigenvalue weighted by molar-refractivity contribution is 5.85. The number of carbonyl (C=O) groups is 1. The van der Waals surface area contributed by atoms with Crippen LogP contribution in [0.3, 0.4) is 0 Å². The minimum atomic E-state index is -1.00. The molecular weight excluding hydrogens is 220 g/mol. The maximum atomic E-state index is 10.8. The van der Waals surface area contributed by atoms with E-state index < -0.39 is 5.97 Å². The van der Waals surface area contributed by atoms with Gasteiger partial charge in [-0.15, -0.1) is 0 Å². The number of carboxylic acid groups (broad SMARTS) is 1. The van der Waals surface area contributed by atoms with Gasteiger partial charge in [-0.3, -0.25) is 0 Å². The van der Waals surface area contributed by atoms with Crippen LogP contribution in [0.2, 0.25) is 0 Å². The second kappa shape index (κ2) is 4.33. The van der Waals surface area contributed by atoms with Crippen molar-refractivity contribution >= 4 is 11.8 Å². The third-order valence-corrected chi connectivity index (χ3v) is 2.82. The van der Waals surface area contributed by atoms with E-state index in [4.69, 9.17) is 9.84 Å². The van der Waals surface area contributed by atoms with Crippen LogP contribution in [0, 0.1) is 0 Å². The highest BCUT2D eigenvalue weighted by atomic mass is 16.5. The van der Waals surface area contributed by atoms with Gasteiger partial charge in [0.15, 0.2) is 5.69 Å². The zero-order valence-corrected chi connectivity index (χ0v) is 10.0. The van der Waals surface area contributed by atoms with Gasteiger partial charge in [-0.05, 0) is 26.0 Å². The quantitative estimate of drug-likeness (QED) is 0.856. The number of aromatic nitrogens is 1. The van der Waals surface area contributed by atoms with Crippen LogP contribution in [0.5, 0.6) is 0 Å². The third-order valence-electron chi connectivity index (χ3n) is 2.82. The number of nitrogens with zero attached hydrogens (tertiary/aromatic N) is 2. The predicted molar refractivity (Wildman–Crippen MR) is 63.4 cm³/mol. The average Bonchev–Trinajstić information content (AvgIpc) is 2.26. The summed E-state index contributed by atoms with van der Waals surface area (Å²) in [6.07, 6.45) is 0. The van der Waals surface area contributed by atoms with Crippen molar-refractivity contribution < 1.29 is 14.6 Å². The number of hydrogen-bond donors (Lipinski definition) is 1. The molecule has 1 aliphatic heterocycles. The molecule has 2 rings (SSSR count). The Balaban J connectivity index is 2.06. The zero-order chi connectivity index (χ0) is 12.5. The van der Waals surface area contributed by atoms with Crippen molar-refractivity contribution in [3.05, 3.63) is 23.9 Å². The van der Waals surface area contributed by atoms with Gasteiger partial charge in [0.1, 0.15) is 11.4 Å². The molecule has 0 unspecified atom stereocenters. The second-order valence-electron chi connectivity index (χ2n) is 4.43. The van der Waals surface area contributed by atoms with Crippen LogP contribution in [0.4, 0.5) is 5.82 Å². The normalized spacial score (nSPS) is 17.6. The van der Waals surface area contributed by atoms with E-state index in [1.54, 1.807) is 6.07 Å². The molecule has 0 radical (unpaired) electrons. The van der Waals surface area contributed by atoms with E-state index in [0.717, 1.165) is 13.1 Å². The standard InChI is InChI=1S/C12H16N2O3/c1-3-17-12(2)7-14(8-12)10-6-4-5-9(13-10)11(15)16/h4-6H,3,7-8H2,1-2H3,(H,15,16). The van der Waals surface area contributed by atoms with Gasteiger partial charge in [0.05, 0.1) is 0 Å². The fourth-order valence-corrected chi connectivity index (χ4v) is 2.08. The first-order valence-corrected chi connectivity index (χ1v) is 5.63. The van der Waals surface area contributed by atoms with E-state index in [0.29, 0.717) is 12.4 Å². The van der Waals surface area contributed by atoms with Gasteiger partial charge in [0, 0.05) is 19.7 Å². The first-order valence-electron chi connectivity index (χ1n) is 5.63. The van der Waals surface area contributed by atoms with Gasteiger partial charge in [-0.1, -0.05) is 6.07 Å². The molecule has 5 nitrogen and oxygen atoms in total. The molecule has 0 spiro atoms. The van der Waals surface area contributed by atoms with E-state index in [1.807, 2.05) is 24.8 Å². The molecule has 0 aliphatic carbocycles. The molecule has 17 heavy (non-hydrogen) atoms. The fraction of sp³-hybridized carbons (Fsp3) is 0.500. The van der Waals surface area contributed by atoms with Crippen molar-refractivity contribution in [2.45, 2.75) is 19.4 Å². The molecule has 0 aromatic carbocycles. The molecule has 0 bridgehead atoms. The van der Waals surface area contributed by atoms with E-state index in [9.17, 15) is 4.79 Å². The maximum Gasteiger partial charge on any atom is 0.354 e.